The van der Waals surface area contributed by atoms with Gasteiger partial charge in [-0.1, -0.05) is 0 Å². The molecule has 0 spiro atoms. The molecule has 0 aliphatic carbocycles. The lowest BCUT2D eigenvalue weighted by molar-refractivity contribution is -0.138. The number of hydrogen-bond acceptors (Lipinski definition) is 6. The third-order valence-electron chi connectivity index (χ3n) is 3.92. The number of aromatic nitrogens is 4. The number of rotatable bonds is 6. The maximum absolute atomic E-state index is 14.0. The van der Waals surface area contributed by atoms with Crippen molar-refractivity contribution < 1.29 is 27.5 Å². The van der Waals surface area contributed by atoms with Crippen LogP contribution < -0.4 is 10.9 Å². The minimum atomic E-state index is -4.70. The van der Waals surface area contributed by atoms with Gasteiger partial charge in [0, 0.05) is 18.8 Å². The van der Waals surface area contributed by atoms with Crippen LogP contribution in [0.25, 0.3) is 5.82 Å². The van der Waals surface area contributed by atoms with Crippen molar-refractivity contribution >= 4 is 17.5 Å². The highest BCUT2D eigenvalue weighted by atomic mass is 19.4. The summed E-state index contributed by atoms with van der Waals surface area (Å²) in [6.45, 7) is 0. The SMILES string of the molecule is O=C(O)CCc1cnc(-n2ccnc(Nc3ccc(C(F)(F)F)cc3F)c2=O)cn1. The Labute approximate surface area is 165 Å². The van der Waals surface area contributed by atoms with E-state index in [2.05, 4.69) is 20.3 Å². The molecule has 30 heavy (non-hydrogen) atoms. The Morgan fingerprint density at radius 2 is 1.93 bits per heavy atom. The number of aliphatic carboxylic acids is 1. The first-order valence-electron chi connectivity index (χ1n) is 8.39. The van der Waals surface area contributed by atoms with Crippen molar-refractivity contribution in [3.63, 3.8) is 0 Å². The van der Waals surface area contributed by atoms with Gasteiger partial charge in [-0.05, 0) is 18.2 Å². The molecule has 0 fully saturated rings. The number of nitrogens with one attached hydrogen (secondary N) is 1. The molecule has 0 aliphatic heterocycles. The number of alkyl halides is 3. The predicted molar refractivity (Wildman–Crippen MR) is 96.1 cm³/mol. The van der Waals surface area contributed by atoms with Gasteiger partial charge in [-0.3, -0.25) is 19.1 Å². The molecule has 0 aliphatic rings. The Balaban J connectivity index is 1.85. The van der Waals surface area contributed by atoms with Crippen molar-refractivity contribution in [3.05, 3.63) is 70.4 Å². The summed E-state index contributed by atoms with van der Waals surface area (Å²) < 4.78 is 53.0. The van der Waals surface area contributed by atoms with Gasteiger partial charge in [0.05, 0.1) is 35.8 Å². The first kappa shape index (κ1) is 20.9. The Hall–Kier alpha value is -3.83. The van der Waals surface area contributed by atoms with Gasteiger partial charge in [0.25, 0.3) is 5.56 Å². The maximum Gasteiger partial charge on any atom is 0.416 e. The normalized spacial score (nSPS) is 11.3. The fourth-order valence-electron chi connectivity index (χ4n) is 2.43. The fourth-order valence-corrected chi connectivity index (χ4v) is 2.43. The lowest BCUT2D eigenvalue weighted by atomic mass is 10.2. The fraction of sp³-hybridized carbons (Fsp3) is 0.167. The standard InChI is InChI=1S/C18H13F4N5O3/c19-12-7-10(18(20,21)22)1-3-13(12)26-16-17(30)27(6-5-23-16)14-9-24-11(8-25-14)2-4-15(28)29/h1,3,5-9H,2,4H2,(H,23,26)(H,28,29). The van der Waals surface area contributed by atoms with Crippen molar-refractivity contribution in [1.82, 2.24) is 19.5 Å². The number of carboxylic acids is 1. The number of carboxylic acid groups (broad SMARTS) is 1. The van der Waals surface area contributed by atoms with Crippen LogP contribution in [0.1, 0.15) is 17.7 Å². The van der Waals surface area contributed by atoms with Crippen molar-refractivity contribution in [3.8, 4) is 5.82 Å². The van der Waals surface area contributed by atoms with Gasteiger partial charge in [-0.15, -0.1) is 0 Å². The van der Waals surface area contributed by atoms with Gasteiger partial charge in [0.15, 0.2) is 11.6 Å². The Morgan fingerprint density at radius 1 is 1.17 bits per heavy atom. The highest BCUT2D eigenvalue weighted by Crippen LogP contribution is 2.31. The summed E-state index contributed by atoms with van der Waals surface area (Å²) in [4.78, 5) is 35.1. The van der Waals surface area contributed by atoms with Gasteiger partial charge in [0.1, 0.15) is 5.82 Å². The largest absolute Gasteiger partial charge is 0.481 e. The van der Waals surface area contributed by atoms with E-state index in [0.717, 1.165) is 10.6 Å². The van der Waals surface area contributed by atoms with Gasteiger partial charge < -0.3 is 10.4 Å². The van der Waals surface area contributed by atoms with Crippen LogP contribution in [0.3, 0.4) is 0 Å². The third-order valence-corrected chi connectivity index (χ3v) is 3.92. The van der Waals surface area contributed by atoms with Gasteiger partial charge in [-0.25, -0.2) is 14.4 Å². The second-order valence-electron chi connectivity index (χ2n) is 6.03. The van der Waals surface area contributed by atoms with E-state index in [9.17, 15) is 27.2 Å². The predicted octanol–water partition coefficient (Wildman–Crippen LogP) is 2.94. The van der Waals surface area contributed by atoms with Crippen LogP contribution in [-0.2, 0) is 17.4 Å². The summed E-state index contributed by atoms with van der Waals surface area (Å²) in [5.41, 5.74) is -1.86. The number of carbonyl (C=O) groups is 1. The number of aryl methyl sites for hydroxylation is 1. The molecule has 0 amide bonds. The zero-order valence-electron chi connectivity index (χ0n) is 15.0. The van der Waals surface area contributed by atoms with Crippen LogP contribution in [0, 0.1) is 5.82 Å². The quantitative estimate of drug-likeness (QED) is 0.587. The van der Waals surface area contributed by atoms with E-state index in [-0.39, 0.29) is 30.2 Å². The Kier molecular flexibility index (Phi) is 5.76. The minimum Gasteiger partial charge on any atom is -0.481 e. The topological polar surface area (TPSA) is 110 Å². The minimum absolute atomic E-state index is 0.0948. The van der Waals surface area contributed by atoms with E-state index < -0.39 is 29.1 Å². The van der Waals surface area contributed by atoms with E-state index in [0.29, 0.717) is 17.8 Å². The second-order valence-corrected chi connectivity index (χ2v) is 6.03. The molecule has 0 bridgehead atoms. The summed E-state index contributed by atoms with van der Waals surface area (Å²) in [7, 11) is 0. The molecule has 3 rings (SSSR count). The highest BCUT2D eigenvalue weighted by Gasteiger charge is 2.31. The molecule has 0 atom stereocenters. The smallest absolute Gasteiger partial charge is 0.416 e. The van der Waals surface area contributed by atoms with Gasteiger partial charge in [-0.2, -0.15) is 13.2 Å². The highest BCUT2D eigenvalue weighted by molar-refractivity contribution is 5.66. The number of hydrogen-bond donors (Lipinski definition) is 2. The third kappa shape index (κ3) is 4.77. The average Bonchev–Trinajstić information content (AvgIpc) is 2.69. The molecule has 0 saturated heterocycles. The van der Waals surface area contributed by atoms with E-state index >= 15 is 0 Å². The number of halogens is 4. The maximum atomic E-state index is 14.0. The second kappa shape index (κ2) is 8.27. The van der Waals surface area contributed by atoms with Crippen LogP contribution >= 0.6 is 0 Å². The lowest BCUT2D eigenvalue weighted by Crippen LogP contribution is -2.23. The van der Waals surface area contributed by atoms with E-state index in [1.807, 2.05) is 0 Å². The monoisotopic (exact) mass is 423 g/mol. The van der Waals surface area contributed by atoms with Crippen LogP contribution in [0.2, 0.25) is 0 Å². The Morgan fingerprint density at radius 3 is 2.53 bits per heavy atom. The van der Waals surface area contributed by atoms with Crippen LogP contribution in [0.4, 0.5) is 29.1 Å². The molecule has 2 heterocycles. The Bertz CT molecular complexity index is 1130. The number of anilines is 2. The summed E-state index contributed by atoms with van der Waals surface area (Å²) in [5.74, 6) is -2.44. The van der Waals surface area contributed by atoms with Crippen molar-refractivity contribution in [2.75, 3.05) is 5.32 Å². The van der Waals surface area contributed by atoms with Crippen LogP contribution in [0.15, 0.2) is 47.8 Å². The van der Waals surface area contributed by atoms with E-state index in [1.165, 1.54) is 24.8 Å². The molecule has 0 unspecified atom stereocenters. The molecule has 1 aromatic carbocycles. The molecule has 156 valence electrons. The molecule has 2 aromatic heterocycles. The molecule has 12 heteroatoms. The van der Waals surface area contributed by atoms with Crippen LogP contribution in [0.5, 0.6) is 0 Å². The van der Waals surface area contributed by atoms with Crippen LogP contribution in [-0.4, -0.2) is 30.6 Å². The van der Waals surface area contributed by atoms with Crippen molar-refractivity contribution in [2.45, 2.75) is 19.0 Å². The molecule has 2 N–H and O–H groups in total. The number of nitrogens with zero attached hydrogens (tertiary/aromatic N) is 4. The molecule has 0 saturated carbocycles. The van der Waals surface area contributed by atoms with Gasteiger partial charge in [0.2, 0.25) is 0 Å². The summed E-state index contributed by atoms with van der Waals surface area (Å²) in [5, 5.41) is 11.1. The number of benzene rings is 1. The van der Waals surface area contributed by atoms with E-state index in [1.54, 1.807) is 0 Å². The van der Waals surface area contributed by atoms with Crippen molar-refractivity contribution in [2.24, 2.45) is 0 Å². The summed E-state index contributed by atoms with van der Waals surface area (Å²) in [6, 6.07) is 1.84. The first-order valence-corrected chi connectivity index (χ1v) is 8.39. The van der Waals surface area contributed by atoms with E-state index in [4.69, 9.17) is 5.11 Å². The van der Waals surface area contributed by atoms with Crippen molar-refractivity contribution in [1.29, 1.82) is 0 Å². The lowest BCUT2D eigenvalue weighted by Gasteiger charge is -2.11. The zero-order valence-corrected chi connectivity index (χ0v) is 15.0. The molecular formula is C18H13F4N5O3. The summed E-state index contributed by atoms with van der Waals surface area (Å²) in [6.07, 6.45) is 0.383. The molecular weight excluding hydrogens is 410 g/mol. The first-order chi connectivity index (χ1) is 14.1. The average molecular weight is 423 g/mol. The summed E-state index contributed by atoms with van der Waals surface area (Å²) >= 11 is 0. The van der Waals surface area contributed by atoms with Gasteiger partial charge >= 0.3 is 12.1 Å². The molecule has 0 radical (unpaired) electrons. The molecule has 3 aromatic rings. The molecule has 8 nitrogen and oxygen atoms in total. The zero-order chi connectivity index (χ0) is 21.9.